The van der Waals surface area contributed by atoms with Gasteiger partial charge in [-0.1, -0.05) is 25.3 Å². The second kappa shape index (κ2) is 5.62. The molecule has 2 nitrogen and oxygen atoms in total. The van der Waals surface area contributed by atoms with Gasteiger partial charge in [-0.25, -0.2) is 0 Å². The van der Waals surface area contributed by atoms with Gasteiger partial charge in [-0.05, 0) is 63.2 Å². The fraction of sp³-hybridized carbons (Fsp3) is 0.706. The Kier molecular flexibility index (Phi) is 3.88. The molecular formula is C17H26N2. The summed E-state index contributed by atoms with van der Waals surface area (Å²) in [6, 6.07) is 6.74. The molecule has 1 spiro atoms. The van der Waals surface area contributed by atoms with Crippen LogP contribution in [0.2, 0.25) is 0 Å². The van der Waals surface area contributed by atoms with Crippen LogP contribution in [0.5, 0.6) is 0 Å². The van der Waals surface area contributed by atoms with Crippen LogP contribution in [0.1, 0.15) is 63.6 Å². The van der Waals surface area contributed by atoms with Gasteiger partial charge in [-0.15, -0.1) is 0 Å². The van der Waals surface area contributed by atoms with Crippen molar-refractivity contribution in [3.63, 3.8) is 0 Å². The molecule has 19 heavy (non-hydrogen) atoms. The van der Waals surface area contributed by atoms with Crippen LogP contribution in [0.3, 0.4) is 0 Å². The third-order valence-corrected chi connectivity index (χ3v) is 5.44. The van der Waals surface area contributed by atoms with Crippen molar-refractivity contribution >= 4 is 0 Å². The summed E-state index contributed by atoms with van der Waals surface area (Å²) in [6.45, 7) is 4.83. The van der Waals surface area contributed by atoms with Gasteiger partial charge in [-0.3, -0.25) is 9.88 Å². The van der Waals surface area contributed by atoms with E-state index in [1.807, 2.05) is 12.3 Å². The molecular weight excluding hydrogens is 232 g/mol. The van der Waals surface area contributed by atoms with E-state index < -0.39 is 0 Å². The third-order valence-electron chi connectivity index (χ3n) is 5.44. The van der Waals surface area contributed by atoms with Crippen LogP contribution in [-0.2, 0) is 0 Å². The van der Waals surface area contributed by atoms with Crippen molar-refractivity contribution in [1.29, 1.82) is 0 Å². The average Bonchev–Trinajstić information content (AvgIpc) is 2.49. The maximum Gasteiger partial charge on any atom is 0.0572 e. The first-order chi connectivity index (χ1) is 9.29. The number of hydrogen-bond acceptors (Lipinski definition) is 2. The number of aromatic nitrogens is 1. The Morgan fingerprint density at radius 1 is 1.05 bits per heavy atom. The lowest BCUT2D eigenvalue weighted by Crippen LogP contribution is -2.42. The average molecular weight is 258 g/mol. The molecule has 0 bridgehead atoms. The molecule has 1 aromatic heterocycles. The van der Waals surface area contributed by atoms with E-state index in [9.17, 15) is 0 Å². The molecule has 0 unspecified atom stereocenters. The van der Waals surface area contributed by atoms with Crippen molar-refractivity contribution in [2.75, 3.05) is 13.1 Å². The molecule has 2 aliphatic rings. The Bertz CT molecular complexity index is 385. The molecule has 1 aliphatic heterocycles. The smallest absolute Gasteiger partial charge is 0.0572 e. The molecule has 1 saturated carbocycles. The van der Waals surface area contributed by atoms with Crippen molar-refractivity contribution < 1.29 is 0 Å². The predicted octanol–water partition coefficient (Wildman–Crippen LogP) is 4.19. The van der Waals surface area contributed by atoms with E-state index in [-0.39, 0.29) is 0 Å². The molecule has 0 aromatic carbocycles. The largest absolute Gasteiger partial charge is 0.295 e. The fourth-order valence-corrected chi connectivity index (χ4v) is 4.00. The minimum absolute atomic E-state index is 0.474. The van der Waals surface area contributed by atoms with Crippen molar-refractivity contribution in [3.05, 3.63) is 30.1 Å². The highest BCUT2D eigenvalue weighted by Crippen LogP contribution is 2.45. The van der Waals surface area contributed by atoms with Gasteiger partial charge in [0.1, 0.15) is 0 Å². The number of piperidine rings is 1. The minimum Gasteiger partial charge on any atom is -0.295 e. The molecule has 1 atom stereocenters. The van der Waals surface area contributed by atoms with Gasteiger partial charge in [0.25, 0.3) is 0 Å². The number of pyridine rings is 1. The van der Waals surface area contributed by atoms with E-state index in [0.717, 1.165) is 0 Å². The highest BCUT2D eigenvalue weighted by Gasteiger charge is 2.36. The van der Waals surface area contributed by atoms with Gasteiger partial charge in [0.2, 0.25) is 0 Å². The minimum atomic E-state index is 0.474. The Hall–Kier alpha value is -0.890. The zero-order valence-electron chi connectivity index (χ0n) is 12.1. The topological polar surface area (TPSA) is 16.1 Å². The van der Waals surface area contributed by atoms with Crippen LogP contribution < -0.4 is 0 Å². The third kappa shape index (κ3) is 2.84. The number of likely N-dealkylation sites (tertiary alicyclic amines) is 1. The fourth-order valence-electron chi connectivity index (χ4n) is 4.00. The van der Waals surface area contributed by atoms with Crippen LogP contribution >= 0.6 is 0 Å². The second-order valence-corrected chi connectivity index (χ2v) is 6.53. The molecule has 2 heteroatoms. The molecule has 1 aliphatic carbocycles. The number of rotatable bonds is 2. The summed E-state index contributed by atoms with van der Waals surface area (Å²) in [4.78, 5) is 7.14. The highest BCUT2D eigenvalue weighted by molar-refractivity contribution is 5.08. The Balaban J connectivity index is 1.60. The molecule has 0 N–H and O–H groups in total. The molecule has 2 fully saturated rings. The predicted molar refractivity (Wildman–Crippen MR) is 79.0 cm³/mol. The van der Waals surface area contributed by atoms with Gasteiger partial charge in [0.05, 0.1) is 5.69 Å². The Morgan fingerprint density at radius 3 is 2.42 bits per heavy atom. The normalized spacial score (nSPS) is 25.3. The van der Waals surface area contributed by atoms with Crippen molar-refractivity contribution in [2.45, 2.75) is 57.9 Å². The van der Waals surface area contributed by atoms with E-state index in [1.54, 1.807) is 0 Å². The lowest BCUT2D eigenvalue weighted by molar-refractivity contribution is 0.0478. The van der Waals surface area contributed by atoms with E-state index in [0.29, 0.717) is 11.5 Å². The second-order valence-electron chi connectivity index (χ2n) is 6.53. The lowest BCUT2D eigenvalue weighted by atomic mass is 9.68. The van der Waals surface area contributed by atoms with E-state index in [2.05, 4.69) is 28.9 Å². The molecule has 1 aromatic rings. The van der Waals surface area contributed by atoms with Gasteiger partial charge < -0.3 is 0 Å². The summed E-state index contributed by atoms with van der Waals surface area (Å²) in [7, 11) is 0. The van der Waals surface area contributed by atoms with E-state index in [1.165, 1.54) is 63.7 Å². The van der Waals surface area contributed by atoms with Crippen LogP contribution in [0.15, 0.2) is 24.4 Å². The van der Waals surface area contributed by atoms with E-state index in [4.69, 9.17) is 0 Å². The first-order valence-electron chi connectivity index (χ1n) is 7.94. The summed E-state index contributed by atoms with van der Waals surface area (Å²) >= 11 is 0. The lowest BCUT2D eigenvalue weighted by Gasteiger charge is -2.45. The number of nitrogens with zero attached hydrogens (tertiary/aromatic N) is 2. The van der Waals surface area contributed by atoms with Gasteiger partial charge in [-0.2, -0.15) is 0 Å². The summed E-state index contributed by atoms with van der Waals surface area (Å²) in [6.07, 6.45) is 12.1. The van der Waals surface area contributed by atoms with Gasteiger partial charge >= 0.3 is 0 Å². The quantitative estimate of drug-likeness (QED) is 0.790. The van der Waals surface area contributed by atoms with Crippen molar-refractivity contribution in [1.82, 2.24) is 9.88 Å². The summed E-state index contributed by atoms with van der Waals surface area (Å²) < 4.78 is 0. The molecule has 1 saturated heterocycles. The maximum absolute atomic E-state index is 4.52. The summed E-state index contributed by atoms with van der Waals surface area (Å²) in [5.74, 6) is 0. The summed E-state index contributed by atoms with van der Waals surface area (Å²) in [5.41, 5.74) is 1.93. The standard InChI is InChI=1S/C17H26N2/c1-15(16-7-3-6-12-18-16)19-13-10-17(11-14-19)8-4-2-5-9-17/h3,6-7,12,15H,2,4-5,8-11,13-14H2,1H3/t15-/m0/s1. The molecule has 0 radical (unpaired) electrons. The highest BCUT2D eigenvalue weighted by atomic mass is 15.2. The molecule has 2 heterocycles. The maximum atomic E-state index is 4.52. The van der Waals surface area contributed by atoms with Crippen molar-refractivity contribution in [2.24, 2.45) is 5.41 Å². The zero-order valence-corrected chi connectivity index (χ0v) is 12.1. The monoisotopic (exact) mass is 258 g/mol. The summed E-state index contributed by atoms with van der Waals surface area (Å²) in [5, 5.41) is 0. The van der Waals surface area contributed by atoms with Crippen LogP contribution in [0.4, 0.5) is 0 Å². The van der Waals surface area contributed by atoms with Gasteiger partial charge in [0, 0.05) is 12.2 Å². The first-order valence-corrected chi connectivity index (χ1v) is 7.94. The number of hydrogen-bond donors (Lipinski definition) is 0. The molecule has 3 rings (SSSR count). The van der Waals surface area contributed by atoms with Crippen molar-refractivity contribution in [3.8, 4) is 0 Å². The molecule has 0 amide bonds. The van der Waals surface area contributed by atoms with Crippen LogP contribution in [0.25, 0.3) is 0 Å². The molecule has 104 valence electrons. The Labute approximate surface area is 117 Å². The zero-order chi connectivity index (χ0) is 13.1. The SMILES string of the molecule is C[C@@H](c1ccccn1)N1CCC2(CCCCC2)CC1. The van der Waals surface area contributed by atoms with Crippen LogP contribution in [-0.4, -0.2) is 23.0 Å². The Morgan fingerprint density at radius 2 is 1.79 bits per heavy atom. The van der Waals surface area contributed by atoms with Crippen LogP contribution in [0, 0.1) is 5.41 Å². The van der Waals surface area contributed by atoms with E-state index >= 15 is 0 Å². The first kappa shape index (κ1) is 13.1. The van der Waals surface area contributed by atoms with Gasteiger partial charge in [0.15, 0.2) is 0 Å².